The van der Waals surface area contributed by atoms with Crippen molar-refractivity contribution in [1.29, 1.82) is 0 Å². The molecule has 7 heteroatoms. The zero-order valence-corrected chi connectivity index (χ0v) is 11.7. The number of rotatable bonds is 3. The molecule has 1 aliphatic heterocycles. The van der Waals surface area contributed by atoms with Crippen molar-refractivity contribution in [1.82, 2.24) is 14.7 Å². The molecule has 2 aromatic rings. The van der Waals surface area contributed by atoms with E-state index < -0.39 is 0 Å². The van der Waals surface area contributed by atoms with Crippen molar-refractivity contribution in [2.24, 2.45) is 7.05 Å². The fourth-order valence-corrected chi connectivity index (χ4v) is 2.36. The number of aromatic nitrogens is 2. The number of hydrogen-bond donors (Lipinski definition) is 1. The first-order valence-corrected chi connectivity index (χ1v) is 6.83. The van der Waals surface area contributed by atoms with E-state index in [0.717, 1.165) is 25.9 Å². The van der Waals surface area contributed by atoms with Crippen molar-refractivity contribution in [3.8, 4) is 0 Å². The largest absolute Gasteiger partial charge is 0.459 e. The van der Waals surface area contributed by atoms with E-state index in [0.29, 0.717) is 11.5 Å². The number of likely N-dealkylation sites (tertiary alicyclic amines) is 1. The van der Waals surface area contributed by atoms with Crippen LogP contribution in [0.15, 0.2) is 28.9 Å². The van der Waals surface area contributed by atoms with Gasteiger partial charge in [0.25, 0.3) is 11.8 Å². The fourth-order valence-electron chi connectivity index (χ4n) is 2.36. The van der Waals surface area contributed by atoms with Crippen LogP contribution >= 0.6 is 0 Å². The van der Waals surface area contributed by atoms with Crippen LogP contribution in [0.1, 0.15) is 33.9 Å². The molecule has 0 atom stereocenters. The van der Waals surface area contributed by atoms with E-state index in [-0.39, 0.29) is 17.6 Å². The molecule has 2 amide bonds. The summed E-state index contributed by atoms with van der Waals surface area (Å²) < 4.78 is 6.50. The number of amides is 2. The molecule has 2 aromatic heterocycles. The van der Waals surface area contributed by atoms with Gasteiger partial charge in [-0.05, 0) is 25.0 Å². The van der Waals surface area contributed by atoms with Crippen LogP contribution in [0.25, 0.3) is 0 Å². The molecule has 110 valence electrons. The number of nitrogens with one attached hydrogen (secondary N) is 1. The highest BCUT2D eigenvalue weighted by atomic mass is 16.3. The van der Waals surface area contributed by atoms with Crippen molar-refractivity contribution >= 4 is 17.6 Å². The molecule has 3 heterocycles. The van der Waals surface area contributed by atoms with Crippen molar-refractivity contribution < 1.29 is 14.0 Å². The Kier molecular flexibility index (Phi) is 3.47. The summed E-state index contributed by atoms with van der Waals surface area (Å²) in [5, 5.41) is 6.85. The number of carbonyl (C=O) groups excluding carboxylic acids is 2. The molecule has 0 aliphatic carbocycles. The van der Waals surface area contributed by atoms with E-state index in [2.05, 4.69) is 10.4 Å². The summed E-state index contributed by atoms with van der Waals surface area (Å²) in [6, 6.07) is 4.80. The molecule has 7 nitrogen and oxygen atoms in total. The molecule has 0 saturated carbocycles. The van der Waals surface area contributed by atoms with Crippen LogP contribution in [-0.4, -0.2) is 39.6 Å². The Labute approximate surface area is 121 Å². The van der Waals surface area contributed by atoms with E-state index in [1.165, 1.54) is 10.9 Å². The Morgan fingerprint density at radius 2 is 2.10 bits per heavy atom. The van der Waals surface area contributed by atoms with E-state index in [9.17, 15) is 9.59 Å². The monoisotopic (exact) mass is 288 g/mol. The normalized spacial score (nSPS) is 14.4. The minimum absolute atomic E-state index is 0.0957. The minimum Gasteiger partial charge on any atom is -0.459 e. The first-order chi connectivity index (χ1) is 10.1. The maximum absolute atomic E-state index is 12.2. The van der Waals surface area contributed by atoms with Gasteiger partial charge in [-0.15, -0.1) is 0 Å². The number of anilines is 1. The Balaban J connectivity index is 1.75. The molecular formula is C14H16N4O3. The Morgan fingerprint density at radius 1 is 1.33 bits per heavy atom. The van der Waals surface area contributed by atoms with E-state index in [1.54, 1.807) is 30.1 Å². The number of carbonyl (C=O) groups is 2. The van der Waals surface area contributed by atoms with Crippen LogP contribution in [0.5, 0.6) is 0 Å². The standard InChI is InChI=1S/C14H16N4O3/c1-17-12(15-13(19)11-5-4-8-21-11)9-10(16-17)14(20)18-6-2-3-7-18/h4-5,8-9H,2-3,6-7H2,1H3,(H,15,19). The molecule has 1 saturated heterocycles. The zero-order chi connectivity index (χ0) is 14.8. The molecule has 21 heavy (non-hydrogen) atoms. The average Bonchev–Trinajstić information content (AvgIpc) is 3.20. The lowest BCUT2D eigenvalue weighted by Crippen LogP contribution is -2.28. The van der Waals surface area contributed by atoms with Crippen LogP contribution in [0, 0.1) is 0 Å². The van der Waals surface area contributed by atoms with Crippen LogP contribution in [-0.2, 0) is 7.05 Å². The Bertz CT molecular complexity index is 654. The third kappa shape index (κ3) is 2.67. The average molecular weight is 288 g/mol. The molecule has 1 N–H and O–H groups in total. The van der Waals surface area contributed by atoms with Gasteiger partial charge in [0.05, 0.1) is 6.26 Å². The Morgan fingerprint density at radius 3 is 2.76 bits per heavy atom. The van der Waals surface area contributed by atoms with Crippen molar-refractivity contribution in [2.45, 2.75) is 12.8 Å². The first-order valence-electron chi connectivity index (χ1n) is 6.83. The predicted octanol–water partition coefficient (Wildman–Crippen LogP) is 1.50. The lowest BCUT2D eigenvalue weighted by molar-refractivity contribution is 0.0786. The van der Waals surface area contributed by atoms with Crippen molar-refractivity contribution in [3.63, 3.8) is 0 Å². The Hall–Kier alpha value is -2.57. The predicted molar refractivity (Wildman–Crippen MR) is 75.0 cm³/mol. The SMILES string of the molecule is Cn1nc(C(=O)N2CCCC2)cc1NC(=O)c1ccco1. The third-order valence-corrected chi connectivity index (χ3v) is 3.48. The first kappa shape index (κ1) is 13.4. The van der Waals surface area contributed by atoms with Crippen LogP contribution in [0.2, 0.25) is 0 Å². The van der Waals surface area contributed by atoms with E-state index in [1.807, 2.05) is 0 Å². The van der Waals surface area contributed by atoms with Gasteiger partial charge in [-0.3, -0.25) is 14.3 Å². The van der Waals surface area contributed by atoms with Crippen molar-refractivity contribution in [3.05, 3.63) is 35.9 Å². The molecule has 0 unspecified atom stereocenters. The highest BCUT2D eigenvalue weighted by molar-refractivity contribution is 6.02. The van der Waals surface area contributed by atoms with Gasteiger partial charge >= 0.3 is 0 Å². The highest BCUT2D eigenvalue weighted by Gasteiger charge is 2.23. The van der Waals surface area contributed by atoms with Crippen LogP contribution in [0.3, 0.4) is 0 Å². The summed E-state index contributed by atoms with van der Waals surface area (Å²) >= 11 is 0. The maximum atomic E-state index is 12.2. The second-order valence-corrected chi connectivity index (χ2v) is 4.97. The number of nitrogens with zero attached hydrogens (tertiary/aromatic N) is 3. The molecule has 3 rings (SSSR count). The van der Waals surface area contributed by atoms with Gasteiger partial charge < -0.3 is 14.6 Å². The third-order valence-electron chi connectivity index (χ3n) is 3.48. The topological polar surface area (TPSA) is 80.4 Å². The molecular weight excluding hydrogens is 272 g/mol. The summed E-state index contributed by atoms with van der Waals surface area (Å²) in [5.74, 6) is 0.201. The van der Waals surface area contributed by atoms with Gasteiger partial charge in [0.15, 0.2) is 11.5 Å². The molecule has 0 bridgehead atoms. The van der Waals surface area contributed by atoms with Gasteiger partial charge in [0.1, 0.15) is 5.82 Å². The van der Waals surface area contributed by atoms with Gasteiger partial charge in [0.2, 0.25) is 0 Å². The number of furan rings is 1. The minimum atomic E-state index is -0.372. The molecule has 1 fully saturated rings. The molecule has 0 aromatic carbocycles. The lowest BCUT2D eigenvalue weighted by atomic mass is 10.3. The van der Waals surface area contributed by atoms with Gasteiger partial charge in [-0.25, -0.2) is 0 Å². The summed E-state index contributed by atoms with van der Waals surface area (Å²) in [6.07, 6.45) is 3.49. The summed E-state index contributed by atoms with van der Waals surface area (Å²) in [6.45, 7) is 1.53. The smallest absolute Gasteiger partial charge is 0.292 e. The number of hydrogen-bond acceptors (Lipinski definition) is 4. The van der Waals surface area contributed by atoms with Crippen molar-refractivity contribution in [2.75, 3.05) is 18.4 Å². The quantitative estimate of drug-likeness (QED) is 0.928. The summed E-state index contributed by atoms with van der Waals surface area (Å²) in [5.41, 5.74) is 0.342. The number of aryl methyl sites for hydroxylation is 1. The maximum Gasteiger partial charge on any atom is 0.292 e. The zero-order valence-electron chi connectivity index (χ0n) is 11.7. The van der Waals surface area contributed by atoms with Gasteiger partial charge in [-0.1, -0.05) is 0 Å². The van der Waals surface area contributed by atoms with Crippen LogP contribution < -0.4 is 5.32 Å². The fraction of sp³-hybridized carbons (Fsp3) is 0.357. The van der Waals surface area contributed by atoms with Crippen LogP contribution in [0.4, 0.5) is 5.82 Å². The lowest BCUT2D eigenvalue weighted by Gasteiger charge is -2.12. The van der Waals surface area contributed by atoms with Gasteiger partial charge in [-0.2, -0.15) is 5.10 Å². The van der Waals surface area contributed by atoms with E-state index >= 15 is 0 Å². The summed E-state index contributed by atoms with van der Waals surface area (Å²) in [4.78, 5) is 25.9. The second kappa shape index (κ2) is 5.43. The molecule has 1 aliphatic rings. The van der Waals surface area contributed by atoms with E-state index in [4.69, 9.17) is 4.42 Å². The molecule has 0 spiro atoms. The second-order valence-electron chi connectivity index (χ2n) is 4.97. The van der Waals surface area contributed by atoms with Gasteiger partial charge in [0, 0.05) is 26.2 Å². The molecule has 0 radical (unpaired) electrons. The summed E-state index contributed by atoms with van der Waals surface area (Å²) in [7, 11) is 1.68. The highest BCUT2D eigenvalue weighted by Crippen LogP contribution is 2.16.